The number of rotatable bonds is 7. The van der Waals surface area contributed by atoms with E-state index in [1.165, 1.54) is 10.9 Å². The third-order valence-electron chi connectivity index (χ3n) is 6.26. The number of anilines is 2. The Hall–Kier alpha value is -3.85. The molecule has 1 amide bonds. The zero-order chi connectivity index (χ0) is 26.5. The van der Waals surface area contributed by atoms with Crippen LogP contribution < -0.4 is 15.6 Å². The van der Waals surface area contributed by atoms with Crippen molar-refractivity contribution in [2.24, 2.45) is 13.0 Å². The summed E-state index contributed by atoms with van der Waals surface area (Å²) < 4.78 is 12.3. The molecule has 0 atom stereocenters. The van der Waals surface area contributed by atoms with Crippen LogP contribution in [-0.2, 0) is 16.6 Å². The molecule has 1 aromatic heterocycles. The molecule has 1 aliphatic rings. The van der Waals surface area contributed by atoms with E-state index in [1.807, 2.05) is 6.92 Å². The highest BCUT2D eigenvalue weighted by Gasteiger charge is 2.28. The lowest BCUT2D eigenvalue weighted by molar-refractivity contribution is -0.149. The van der Waals surface area contributed by atoms with Gasteiger partial charge in [0, 0.05) is 36.4 Å². The number of benzene rings is 2. The minimum Gasteiger partial charge on any atom is -0.466 e. The first-order valence-electron chi connectivity index (χ1n) is 12.1. The van der Waals surface area contributed by atoms with Gasteiger partial charge < -0.3 is 19.7 Å². The maximum absolute atomic E-state index is 13.0. The maximum Gasteiger partial charge on any atom is 0.309 e. The van der Waals surface area contributed by atoms with E-state index in [-0.39, 0.29) is 34.8 Å². The molecule has 4 rings (SSSR count). The first-order chi connectivity index (χ1) is 17.8. The second kappa shape index (κ2) is 11.5. The fourth-order valence-electron chi connectivity index (χ4n) is 4.12. The Bertz CT molecular complexity index is 1350. The molecule has 194 valence electrons. The summed E-state index contributed by atoms with van der Waals surface area (Å²) in [7, 11) is 1.55. The van der Waals surface area contributed by atoms with E-state index in [0.717, 1.165) is 5.56 Å². The number of esters is 1. The number of piperidine rings is 1. The van der Waals surface area contributed by atoms with Crippen LogP contribution in [0.1, 0.15) is 35.7 Å². The number of nitrogens with one attached hydrogen (secondary N) is 1. The van der Waals surface area contributed by atoms with Gasteiger partial charge in [-0.2, -0.15) is 5.10 Å². The van der Waals surface area contributed by atoms with E-state index < -0.39 is 0 Å². The highest BCUT2D eigenvalue weighted by molar-refractivity contribution is 6.31. The van der Waals surface area contributed by atoms with Crippen LogP contribution in [0.15, 0.2) is 53.5 Å². The monoisotopic (exact) mass is 524 g/mol. The van der Waals surface area contributed by atoms with Crippen LogP contribution in [-0.4, -0.2) is 46.3 Å². The lowest BCUT2D eigenvalue weighted by atomic mass is 9.96. The molecule has 37 heavy (non-hydrogen) atoms. The lowest BCUT2D eigenvalue weighted by Crippen LogP contribution is -2.40. The van der Waals surface area contributed by atoms with Crippen molar-refractivity contribution in [3.05, 3.63) is 75.2 Å². The molecule has 1 aliphatic heterocycles. The van der Waals surface area contributed by atoms with Gasteiger partial charge in [-0.1, -0.05) is 11.6 Å². The van der Waals surface area contributed by atoms with E-state index in [1.54, 1.807) is 61.3 Å². The molecule has 1 fully saturated rings. The van der Waals surface area contributed by atoms with Crippen molar-refractivity contribution in [3.63, 3.8) is 0 Å². The first kappa shape index (κ1) is 26.2. The summed E-state index contributed by atoms with van der Waals surface area (Å²) in [5.74, 6) is 0.325. The van der Waals surface area contributed by atoms with Crippen molar-refractivity contribution in [3.8, 4) is 11.5 Å². The SMILES string of the molecule is CCOC(=O)C1CCN(C(=O)c2ccc(Nc3c(Oc4ccc(Cl)c(C)c4)cnn(C)c3=O)cc2)CC1. The van der Waals surface area contributed by atoms with Gasteiger partial charge in [-0.25, -0.2) is 4.68 Å². The topological polar surface area (TPSA) is 103 Å². The molecule has 0 unspecified atom stereocenters. The summed E-state index contributed by atoms with van der Waals surface area (Å²) in [6.07, 6.45) is 2.64. The maximum atomic E-state index is 13.0. The molecule has 0 radical (unpaired) electrons. The van der Waals surface area contributed by atoms with Crippen LogP contribution in [0.4, 0.5) is 11.4 Å². The second-order valence-corrected chi connectivity index (χ2v) is 9.25. The van der Waals surface area contributed by atoms with Crippen LogP contribution in [0.3, 0.4) is 0 Å². The average Bonchev–Trinajstić information content (AvgIpc) is 2.90. The fraction of sp³-hybridized carbons (Fsp3) is 0.333. The summed E-state index contributed by atoms with van der Waals surface area (Å²) in [4.78, 5) is 39.5. The lowest BCUT2D eigenvalue weighted by Gasteiger charge is -2.31. The van der Waals surface area contributed by atoms with Gasteiger partial charge >= 0.3 is 5.97 Å². The summed E-state index contributed by atoms with van der Waals surface area (Å²) in [6.45, 7) is 5.01. The summed E-state index contributed by atoms with van der Waals surface area (Å²) in [5, 5.41) is 7.79. The highest BCUT2D eigenvalue weighted by atomic mass is 35.5. The molecule has 0 spiro atoms. The third-order valence-corrected chi connectivity index (χ3v) is 6.69. The Labute approximate surface area is 219 Å². The number of carbonyl (C=O) groups is 2. The second-order valence-electron chi connectivity index (χ2n) is 8.85. The van der Waals surface area contributed by atoms with Gasteiger partial charge in [0.25, 0.3) is 11.5 Å². The van der Waals surface area contributed by atoms with Crippen molar-refractivity contribution in [2.45, 2.75) is 26.7 Å². The predicted molar refractivity (Wildman–Crippen MR) is 141 cm³/mol. The zero-order valence-electron chi connectivity index (χ0n) is 21.0. The molecule has 0 aliphatic carbocycles. The normalized spacial score (nSPS) is 13.8. The van der Waals surface area contributed by atoms with Gasteiger partial charge in [0.15, 0.2) is 11.4 Å². The number of likely N-dealkylation sites (tertiary alicyclic amines) is 1. The quantitative estimate of drug-likeness (QED) is 0.447. The first-order valence-corrected chi connectivity index (χ1v) is 12.5. The predicted octanol–water partition coefficient (Wildman–Crippen LogP) is 4.69. The van der Waals surface area contributed by atoms with Crippen LogP contribution >= 0.6 is 11.6 Å². The number of nitrogens with zero attached hydrogens (tertiary/aromatic N) is 3. The molecular formula is C27H29ClN4O5. The Morgan fingerprint density at radius 3 is 2.49 bits per heavy atom. The number of carbonyl (C=O) groups excluding carboxylic acids is 2. The molecule has 2 aromatic carbocycles. The molecule has 9 nitrogen and oxygen atoms in total. The molecule has 1 N–H and O–H groups in total. The highest BCUT2D eigenvalue weighted by Crippen LogP contribution is 2.30. The van der Waals surface area contributed by atoms with E-state index in [2.05, 4.69) is 10.4 Å². The Kier molecular flexibility index (Phi) is 8.13. The van der Waals surface area contributed by atoms with Gasteiger partial charge in [0.1, 0.15) is 5.75 Å². The van der Waals surface area contributed by atoms with Crippen molar-refractivity contribution in [2.75, 3.05) is 25.0 Å². The van der Waals surface area contributed by atoms with Gasteiger partial charge in [-0.05, 0) is 74.7 Å². The zero-order valence-corrected chi connectivity index (χ0v) is 21.7. The Balaban J connectivity index is 1.46. The van der Waals surface area contributed by atoms with E-state index in [4.69, 9.17) is 21.1 Å². The van der Waals surface area contributed by atoms with Crippen molar-refractivity contribution in [1.82, 2.24) is 14.7 Å². The van der Waals surface area contributed by atoms with E-state index in [9.17, 15) is 14.4 Å². The summed E-state index contributed by atoms with van der Waals surface area (Å²) in [6, 6.07) is 12.1. The number of ether oxygens (including phenoxy) is 2. The molecular weight excluding hydrogens is 496 g/mol. The van der Waals surface area contributed by atoms with E-state index in [0.29, 0.717) is 54.6 Å². The number of amides is 1. The summed E-state index contributed by atoms with van der Waals surface area (Å²) in [5.41, 5.74) is 1.82. The molecule has 0 bridgehead atoms. The Morgan fingerprint density at radius 2 is 1.84 bits per heavy atom. The third kappa shape index (κ3) is 6.11. The molecule has 10 heteroatoms. The smallest absolute Gasteiger partial charge is 0.309 e. The van der Waals surface area contributed by atoms with Crippen molar-refractivity contribution >= 4 is 34.9 Å². The number of aryl methyl sites for hydroxylation is 2. The van der Waals surface area contributed by atoms with E-state index >= 15 is 0 Å². The summed E-state index contributed by atoms with van der Waals surface area (Å²) >= 11 is 6.10. The van der Waals surface area contributed by atoms with Crippen LogP contribution in [0.5, 0.6) is 11.5 Å². The Morgan fingerprint density at radius 1 is 1.14 bits per heavy atom. The largest absolute Gasteiger partial charge is 0.466 e. The number of hydrogen-bond acceptors (Lipinski definition) is 7. The molecule has 3 aromatic rings. The van der Waals surface area contributed by atoms with Crippen LogP contribution in [0.25, 0.3) is 0 Å². The molecule has 1 saturated heterocycles. The van der Waals surface area contributed by atoms with Crippen molar-refractivity contribution < 1.29 is 19.1 Å². The molecule has 0 saturated carbocycles. The van der Waals surface area contributed by atoms with Crippen molar-refractivity contribution in [1.29, 1.82) is 0 Å². The standard InChI is InChI=1S/C27H29ClN4O5/c1-4-36-27(35)19-11-13-32(14-12-19)25(33)18-5-7-20(8-6-18)30-24-23(16-29-31(3)26(24)34)37-21-9-10-22(28)17(2)15-21/h5-10,15-16,19,30H,4,11-14H2,1-3H3. The number of aromatic nitrogens is 2. The van der Waals surface area contributed by atoms with Crippen LogP contribution in [0, 0.1) is 12.8 Å². The van der Waals surface area contributed by atoms with Gasteiger partial charge in [0.05, 0.1) is 18.7 Å². The van der Waals surface area contributed by atoms with Gasteiger partial charge in [0.2, 0.25) is 0 Å². The van der Waals surface area contributed by atoms with Gasteiger partial charge in [-0.15, -0.1) is 0 Å². The minimum atomic E-state index is -0.368. The molecule has 2 heterocycles. The van der Waals surface area contributed by atoms with Crippen LogP contribution in [0.2, 0.25) is 5.02 Å². The number of halogens is 1. The fourth-order valence-corrected chi connectivity index (χ4v) is 4.24. The number of hydrogen-bond donors (Lipinski definition) is 1. The van der Waals surface area contributed by atoms with Gasteiger partial charge in [-0.3, -0.25) is 14.4 Å². The minimum absolute atomic E-state index is 0.101. The average molecular weight is 525 g/mol.